The Morgan fingerprint density at radius 2 is 2.11 bits per heavy atom. The zero-order valence-corrected chi connectivity index (χ0v) is 16.8. The molecular weight excluding hydrogens is 348 g/mol. The number of hydrogen-bond acceptors (Lipinski definition) is 3. The molecule has 2 bridgehead atoms. The lowest BCUT2D eigenvalue weighted by Crippen LogP contribution is -2.48. The normalized spacial score (nSPS) is 25.6. The van der Waals surface area contributed by atoms with Crippen LogP contribution in [0.2, 0.25) is 0 Å². The lowest BCUT2D eigenvalue weighted by Gasteiger charge is -2.34. The fourth-order valence-electron chi connectivity index (χ4n) is 4.76. The highest BCUT2D eigenvalue weighted by molar-refractivity contribution is 5.84. The first-order valence-electron chi connectivity index (χ1n) is 10.3. The van der Waals surface area contributed by atoms with Crippen molar-refractivity contribution in [3.63, 3.8) is 0 Å². The molecule has 1 aromatic carbocycles. The average Bonchev–Trinajstić information content (AvgIpc) is 3.43. The number of aromatic nitrogens is 2. The zero-order chi connectivity index (χ0) is 19.6. The maximum absolute atomic E-state index is 13.4. The van der Waals surface area contributed by atoms with Gasteiger partial charge in [-0.05, 0) is 56.7 Å². The molecule has 2 aliphatic rings. The van der Waals surface area contributed by atoms with Crippen molar-refractivity contribution >= 4 is 5.91 Å². The van der Waals surface area contributed by atoms with Crippen LogP contribution in [0.5, 0.6) is 0 Å². The summed E-state index contributed by atoms with van der Waals surface area (Å²) in [5.41, 5.74) is 3.31. The number of benzene rings is 1. The molecule has 3 atom stereocenters. The van der Waals surface area contributed by atoms with Gasteiger partial charge in [0.2, 0.25) is 5.91 Å². The number of rotatable bonds is 7. The molecule has 2 N–H and O–H groups in total. The Morgan fingerprint density at radius 3 is 2.75 bits per heavy atom. The minimum Gasteiger partial charge on any atom is -0.351 e. The monoisotopic (exact) mass is 378 g/mol. The molecule has 3 heterocycles. The third-order valence-corrected chi connectivity index (χ3v) is 6.29. The van der Waals surface area contributed by atoms with Crippen LogP contribution in [0.25, 0.3) is 0 Å². The summed E-state index contributed by atoms with van der Waals surface area (Å²) in [5, 5.41) is 11.2. The summed E-state index contributed by atoms with van der Waals surface area (Å²) in [4.78, 5) is 13.4. The summed E-state index contributed by atoms with van der Waals surface area (Å²) in [6.07, 6.45) is 10.1. The van der Waals surface area contributed by atoms with Gasteiger partial charge in [0.1, 0.15) is 0 Å². The van der Waals surface area contributed by atoms with Crippen LogP contribution in [0, 0.1) is 5.41 Å². The van der Waals surface area contributed by atoms with Gasteiger partial charge in [-0.15, -0.1) is 0 Å². The molecule has 1 aromatic heterocycles. The standard InChI is InChI=1S/C23H30N4O/c1-17(2)10-11-23(14-20-8-9-21(23)26-20)22(28)24-15-18-6-3-4-7-19(18)16-27-13-5-12-25-27/h3-7,10,12-13,20-21,26H,8-9,11,14-16H2,1-2H3,(H,24,28)/t20-,21+,23+/m0/s1. The Kier molecular flexibility index (Phi) is 5.36. The molecule has 4 rings (SSSR count). The van der Waals surface area contributed by atoms with Crippen molar-refractivity contribution < 1.29 is 4.79 Å². The van der Waals surface area contributed by atoms with E-state index in [1.54, 1.807) is 6.20 Å². The van der Waals surface area contributed by atoms with Gasteiger partial charge >= 0.3 is 0 Å². The molecule has 0 unspecified atom stereocenters. The van der Waals surface area contributed by atoms with Crippen LogP contribution in [-0.4, -0.2) is 27.8 Å². The SMILES string of the molecule is CC(C)=CC[C@@]1(C(=O)NCc2ccccc2Cn2cccn2)C[C@@H]2CC[C@H]1N2. The first-order chi connectivity index (χ1) is 13.6. The van der Waals surface area contributed by atoms with Crippen LogP contribution >= 0.6 is 0 Å². The molecule has 28 heavy (non-hydrogen) atoms. The Bertz CT molecular complexity index is 853. The Balaban J connectivity index is 1.48. The third-order valence-electron chi connectivity index (χ3n) is 6.29. The van der Waals surface area contributed by atoms with E-state index in [1.807, 2.05) is 29.1 Å². The number of carbonyl (C=O) groups excluding carboxylic acids is 1. The molecule has 0 radical (unpaired) electrons. The quantitative estimate of drug-likeness (QED) is 0.726. The van der Waals surface area contributed by atoms with Crippen molar-refractivity contribution in [2.45, 2.75) is 64.7 Å². The topological polar surface area (TPSA) is 59.0 Å². The molecule has 0 spiro atoms. The van der Waals surface area contributed by atoms with E-state index in [-0.39, 0.29) is 11.3 Å². The van der Waals surface area contributed by atoms with Gasteiger partial charge in [0.25, 0.3) is 0 Å². The van der Waals surface area contributed by atoms with E-state index in [0.717, 1.165) is 24.8 Å². The molecule has 5 heteroatoms. The molecule has 5 nitrogen and oxygen atoms in total. The maximum atomic E-state index is 13.4. The molecule has 1 amide bonds. The molecule has 2 aliphatic heterocycles. The van der Waals surface area contributed by atoms with Crippen LogP contribution in [0.4, 0.5) is 0 Å². The molecule has 0 aliphatic carbocycles. The molecular formula is C23H30N4O. The summed E-state index contributed by atoms with van der Waals surface area (Å²) in [5.74, 6) is 0.193. The van der Waals surface area contributed by atoms with Gasteiger partial charge in [0.15, 0.2) is 0 Å². The van der Waals surface area contributed by atoms with Gasteiger partial charge in [0.05, 0.1) is 12.0 Å². The number of nitrogens with zero attached hydrogens (tertiary/aromatic N) is 2. The fraction of sp³-hybridized carbons (Fsp3) is 0.478. The lowest BCUT2D eigenvalue weighted by molar-refractivity contribution is -0.132. The van der Waals surface area contributed by atoms with Crippen molar-refractivity contribution in [3.8, 4) is 0 Å². The van der Waals surface area contributed by atoms with E-state index in [9.17, 15) is 4.79 Å². The van der Waals surface area contributed by atoms with E-state index in [1.165, 1.54) is 17.6 Å². The first kappa shape index (κ1) is 18.9. The van der Waals surface area contributed by atoms with Crippen LogP contribution in [-0.2, 0) is 17.9 Å². The number of fused-ring (bicyclic) bond motifs is 2. The van der Waals surface area contributed by atoms with Crippen molar-refractivity contribution in [2.75, 3.05) is 0 Å². The highest BCUT2D eigenvalue weighted by Crippen LogP contribution is 2.46. The molecule has 2 aromatic rings. The predicted molar refractivity (Wildman–Crippen MR) is 111 cm³/mol. The average molecular weight is 379 g/mol. The van der Waals surface area contributed by atoms with Crippen molar-refractivity contribution in [2.24, 2.45) is 5.41 Å². The minimum atomic E-state index is -0.308. The van der Waals surface area contributed by atoms with Crippen LogP contribution in [0.1, 0.15) is 50.7 Å². The van der Waals surface area contributed by atoms with Gasteiger partial charge in [-0.3, -0.25) is 9.48 Å². The summed E-state index contributed by atoms with van der Waals surface area (Å²) < 4.78 is 1.91. The molecule has 2 saturated heterocycles. The van der Waals surface area contributed by atoms with Gasteiger partial charge in [0, 0.05) is 31.0 Å². The first-order valence-corrected chi connectivity index (χ1v) is 10.3. The smallest absolute Gasteiger partial charge is 0.228 e. The summed E-state index contributed by atoms with van der Waals surface area (Å²) >= 11 is 0. The van der Waals surface area contributed by atoms with E-state index >= 15 is 0 Å². The Hall–Kier alpha value is -2.40. The largest absolute Gasteiger partial charge is 0.351 e. The number of hydrogen-bond donors (Lipinski definition) is 2. The number of allylic oxidation sites excluding steroid dienone is 2. The molecule has 148 valence electrons. The minimum absolute atomic E-state index is 0.193. The van der Waals surface area contributed by atoms with Gasteiger partial charge < -0.3 is 10.6 Å². The van der Waals surface area contributed by atoms with Crippen molar-refractivity contribution in [1.29, 1.82) is 0 Å². The molecule has 0 saturated carbocycles. The highest BCUT2D eigenvalue weighted by Gasteiger charge is 2.54. The van der Waals surface area contributed by atoms with E-state index in [2.05, 4.69) is 47.8 Å². The number of nitrogens with one attached hydrogen (secondary N) is 2. The summed E-state index contributed by atoms with van der Waals surface area (Å²) in [6, 6.07) is 11.0. The lowest BCUT2D eigenvalue weighted by atomic mass is 9.70. The van der Waals surface area contributed by atoms with Gasteiger partial charge in [-0.2, -0.15) is 5.10 Å². The second-order valence-corrected chi connectivity index (χ2v) is 8.49. The second kappa shape index (κ2) is 7.92. The third kappa shape index (κ3) is 3.76. The zero-order valence-electron chi connectivity index (χ0n) is 16.8. The fourth-order valence-corrected chi connectivity index (χ4v) is 4.76. The van der Waals surface area contributed by atoms with Crippen molar-refractivity contribution in [1.82, 2.24) is 20.4 Å². The van der Waals surface area contributed by atoms with Gasteiger partial charge in [-0.25, -0.2) is 0 Å². The Morgan fingerprint density at radius 1 is 1.29 bits per heavy atom. The number of carbonyl (C=O) groups is 1. The summed E-state index contributed by atoms with van der Waals surface area (Å²) in [6.45, 7) is 5.49. The predicted octanol–water partition coefficient (Wildman–Crippen LogP) is 3.41. The Labute approximate surface area is 167 Å². The van der Waals surface area contributed by atoms with Crippen LogP contribution in [0.3, 0.4) is 0 Å². The van der Waals surface area contributed by atoms with Crippen LogP contribution < -0.4 is 10.6 Å². The second-order valence-electron chi connectivity index (χ2n) is 8.49. The molecule has 2 fully saturated rings. The van der Waals surface area contributed by atoms with E-state index in [0.29, 0.717) is 25.2 Å². The summed E-state index contributed by atoms with van der Waals surface area (Å²) in [7, 11) is 0. The van der Waals surface area contributed by atoms with Crippen molar-refractivity contribution in [3.05, 3.63) is 65.5 Å². The maximum Gasteiger partial charge on any atom is 0.228 e. The van der Waals surface area contributed by atoms with Crippen LogP contribution in [0.15, 0.2) is 54.4 Å². The van der Waals surface area contributed by atoms with E-state index in [4.69, 9.17) is 0 Å². The number of amides is 1. The highest BCUT2D eigenvalue weighted by atomic mass is 16.2. The van der Waals surface area contributed by atoms with E-state index < -0.39 is 0 Å². The van der Waals surface area contributed by atoms with Gasteiger partial charge in [-0.1, -0.05) is 35.9 Å².